The van der Waals surface area contributed by atoms with E-state index in [4.69, 9.17) is 4.74 Å². The molecule has 0 aromatic rings. The zero-order valence-corrected chi connectivity index (χ0v) is 16.9. The summed E-state index contributed by atoms with van der Waals surface area (Å²) in [6, 6.07) is 0. The van der Waals surface area contributed by atoms with Crippen LogP contribution in [0.1, 0.15) is 91.4 Å². The van der Waals surface area contributed by atoms with Crippen LogP contribution in [0.2, 0.25) is 0 Å². The van der Waals surface area contributed by atoms with Gasteiger partial charge >= 0.3 is 0 Å². The molecule has 6 unspecified atom stereocenters. The first-order valence-corrected chi connectivity index (χ1v) is 11.7. The maximum absolute atomic E-state index is 5.61. The van der Waals surface area contributed by atoms with Gasteiger partial charge in [0, 0.05) is 0 Å². The topological polar surface area (TPSA) is 12.5 Å². The van der Waals surface area contributed by atoms with Crippen LogP contribution >= 0.6 is 0 Å². The highest BCUT2D eigenvalue weighted by molar-refractivity contribution is 5.09. The van der Waals surface area contributed by atoms with Crippen molar-refractivity contribution in [3.63, 3.8) is 0 Å². The summed E-state index contributed by atoms with van der Waals surface area (Å²) in [4.78, 5) is 0. The molecule has 0 aromatic heterocycles. The van der Waals surface area contributed by atoms with Gasteiger partial charge in [0.05, 0.1) is 12.7 Å². The molecule has 142 valence electrons. The van der Waals surface area contributed by atoms with Crippen molar-refractivity contribution < 1.29 is 4.74 Å². The van der Waals surface area contributed by atoms with Crippen LogP contribution in [0, 0.1) is 46.3 Å². The fourth-order valence-electron chi connectivity index (χ4n) is 8.74. The van der Waals surface area contributed by atoms with Crippen molar-refractivity contribution in [2.75, 3.05) is 6.61 Å². The van der Waals surface area contributed by atoms with E-state index in [1.54, 1.807) is 32.1 Å². The predicted molar refractivity (Wildman–Crippen MR) is 103 cm³/mol. The molecule has 0 N–H and O–H groups in total. The number of epoxide rings is 1. The van der Waals surface area contributed by atoms with Crippen molar-refractivity contribution in [3.05, 3.63) is 0 Å². The molecule has 5 rings (SSSR count). The van der Waals surface area contributed by atoms with E-state index < -0.39 is 0 Å². The van der Waals surface area contributed by atoms with E-state index in [1.165, 1.54) is 38.5 Å². The summed E-state index contributed by atoms with van der Waals surface area (Å²) in [5.74, 6) is 6.21. The average molecular weight is 345 g/mol. The molecule has 1 nitrogen and oxygen atoms in total. The first kappa shape index (κ1) is 17.1. The van der Waals surface area contributed by atoms with Gasteiger partial charge in [-0.15, -0.1) is 0 Å². The Morgan fingerprint density at radius 3 is 2.40 bits per heavy atom. The summed E-state index contributed by atoms with van der Waals surface area (Å²) in [5.41, 5.74) is 1.34. The molecule has 0 spiro atoms. The van der Waals surface area contributed by atoms with Gasteiger partial charge in [-0.25, -0.2) is 0 Å². The largest absolute Gasteiger partial charge is 0.373 e. The number of hydrogen-bond donors (Lipinski definition) is 0. The van der Waals surface area contributed by atoms with E-state index >= 15 is 0 Å². The second kappa shape index (κ2) is 5.98. The zero-order chi connectivity index (χ0) is 17.2. The molecule has 9 atom stereocenters. The second-order valence-corrected chi connectivity index (χ2v) is 11.2. The highest BCUT2D eigenvalue weighted by atomic mass is 16.6. The molecule has 4 aliphatic carbocycles. The van der Waals surface area contributed by atoms with Crippen molar-refractivity contribution in [2.24, 2.45) is 46.3 Å². The van der Waals surface area contributed by atoms with Gasteiger partial charge in [-0.05, 0) is 111 Å². The third-order valence-corrected chi connectivity index (χ3v) is 10.5. The molecular formula is C24H40O. The summed E-state index contributed by atoms with van der Waals surface area (Å²) in [6.07, 6.45) is 17.3. The number of fused-ring (bicyclic) bond motifs is 5. The van der Waals surface area contributed by atoms with Crippen LogP contribution in [-0.2, 0) is 4.74 Å². The van der Waals surface area contributed by atoms with Gasteiger partial charge in [-0.3, -0.25) is 0 Å². The van der Waals surface area contributed by atoms with Gasteiger partial charge in [-0.2, -0.15) is 0 Å². The van der Waals surface area contributed by atoms with Gasteiger partial charge in [0.25, 0.3) is 0 Å². The predicted octanol–water partition coefficient (Wildman–Crippen LogP) is 6.46. The summed E-state index contributed by atoms with van der Waals surface area (Å²) in [6.45, 7) is 8.90. The molecule has 0 amide bonds. The fourth-order valence-corrected chi connectivity index (χ4v) is 8.74. The molecule has 0 radical (unpaired) electrons. The normalized spacial score (nSPS) is 57.5. The molecule has 5 fully saturated rings. The molecule has 4 saturated carbocycles. The number of hydrogen-bond acceptors (Lipinski definition) is 1. The number of ether oxygens (including phenoxy) is 1. The SMILES string of the molecule is CC[C@H]1CC[C@@]2(C)C(CCC3C2CC[C@]2(C)C(CC4CO4)CCC32)C1. The summed E-state index contributed by atoms with van der Waals surface area (Å²) in [7, 11) is 0. The van der Waals surface area contributed by atoms with Crippen LogP contribution in [0.4, 0.5) is 0 Å². The minimum atomic E-state index is 0.635. The van der Waals surface area contributed by atoms with E-state index in [0.29, 0.717) is 16.9 Å². The average Bonchev–Trinajstić information content (AvgIpc) is 3.36. The van der Waals surface area contributed by atoms with E-state index in [1.807, 2.05) is 0 Å². The molecule has 1 heterocycles. The third-order valence-electron chi connectivity index (χ3n) is 10.5. The Morgan fingerprint density at radius 2 is 1.64 bits per heavy atom. The second-order valence-electron chi connectivity index (χ2n) is 11.2. The number of rotatable bonds is 3. The summed E-state index contributed by atoms with van der Waals surface area (Å²) >= 11 is 0. The Kier molecular flexibility index (Phi) is 4.09. The van der Waals surface area contributed by atoms with Crippen LogP contribution < -0.4 is 0 Å². The van der Waals surface area contributed by atoms with Crippen LogP contribution in [0.5, 0.6) is 0 Å². The van der Waals surface area contributed by atoms with E-state index in [0.717, 1.165) is 42.1 Å². The lowest BCUT2D eigenvalue weighted by Crippen LogP contribution is -2.53. The van der Waals surface area contributed by atoms with Crippen LogP contribution in [-0.4, -0.2) is 12.7 Å². The van der Waals surface area contributed by atoms with Crippen molar-refractivity contribution >= 4 is 0 Å². The fraction of sp³-hybridized carbons (Fsp3) is 1.00. The molecule has 1 aliphatic heterocycles. The van der Waals surface area contributed by atoms with Gasteiger partial charge in [0.15, 0.2) is 0 Å². The molecule has 0 aromatic carbocycles. The maximum atomic E-state index is 5.61. The quantitative estimate of drug-likeness (QED) is 0.535. The van der Waals surface area contributed by atoms with E-state index in [9.17, 15) is 0 Å². The monoisotopic (exact) mass is 344 g/mol. The van der Waals surface area contributed by atoms with Crippen molar-refractivity contribution in [2.45, 2.75) is 97.5 Å². The van der Waals surface area contributed by atoms with Crippen LogP contribution in [0.15, 0.2) is 0 Å². The lowest BCUT2D eigenvalue weighted by atomic mass is 9.44. The Hall–Kier alpha value is -0.0400. The van der Waals surface area contributed by atoms with Crippen molar-refractivity contribution in [1.29, 1.82) is 0 Å². The zero-order valence-electron chi connectivity index (χ0n) is 16.9. The van der Waals surface area contributed by atoms with Crippen molar-refractivity contribution in [1.82, 2.24) is 0 Å². The molecule has 5 aliphatic rings. The minimum absolute atomic E-state index is 0.635. The molecule has 1 saturated heterocycles. The van der Waals surface area contributed by atoms with E-state index in [-0.39, 0.29) is 0 Å². The van der Waals surface area contributed by atoms with Gasteiger partial charge in [0.2, 0.25) is 0 Å². The lowest BCUT2D eigenvalue weighted by molar-refractivity contribution is -0.118. The molecule has 0 bridgehead atoms. The Balaban J connectivity index is 1.36. The molecule has 25 heavy (non-hydrogen) atoms. The Labute approximate surface area is 155 Å². The van der Waals surface area contributed by atoms with Gasteiger partial charge in [0.1, 0.15) is 0 Å². The first-order chi connectivity index (χ1) is 12.0. The highest BCUT2D eigenvalue weighted by Crippen LogP contribution is 2.68. The van der Waals surface area contributed by atoms with Crippen molar-refractivity contribution in [3.8, 4) is 0 Å². The standard InChI is InChI=1S/C24H40O/c1-4-16-9-11-23(2)17(13-16)5-7-20-21-8-6-18(14-19-15-25-19)24(21,3)12-10-22(20)23/h16-22H,4-15H2,1-3H3/t16-,17?,18?,19?,20?,21?,22?,23-,24+/m0/s1. The first-order valence-electron chi connectivity index (χ1n) is 11.7. The van der Waals surface area contributed by atoms with Gasteiger partial charge in [-0.1, -0.05) is 27.2 Å². The van der Waals surface area contributed by atoms with E-state index in [2.05, 4.69) is 20.8 Å². The highest BCUT2D eigenvalue weighted by Gasteiger charge is 2.60. The lowest BCUT2D eigenvalue weighted by Gasteiger charge is -2.61. The van der Waals surface area contributed by atoms with Gasteiger partial charge < -0.3 is 4.74 Å². The smallest absolute Gasteiger partial charge is 0.0812 e. The molecule has 1 heteroatoms. The Morgan fingerprint density at radius 1 is 0.880 bits per heavy atom. The maximum Gasteiger partial charge on any atom is 0.0812 e. The third kappa shape index (κ3) is 2.58. The summed E-state index contributed by atoms with van der Waals surface area (Å²) < 4.78 is 5.61. The Bertz CT molecular complexity index is 510. The van der Waals surface area contributed by atoms with Crippen LogP contribution in [0.25, 0.3) is 0 Å². The van der Waals surface area contributed by atoms with Crippen LogP contribution in [0.3, 0.4) is 0 Å². The summed E-state index contributed by atoms with van der Waals surface area (Å²) in [5, 5.41) is 0. The molecular weight excluding hydrogens is 304 g/mol. The minimum Gasteiger partial charge on any atom is -0.373 e.